The maximum Gasteiger partial charge on any atom is 0.335 e. The van der Waals surface area contributed by atoms with Gasteiger partial charge in [-0.1, -0.05) is 62.4 Å². The average Bonchev–Trinajstić information content (AvgIpc) is 2.59. The average molecular weight is 308 g/mol. The minimum Gasteiger partial charge on any atom is -0.423 e. The zero-order chi connectivity index (χ0) is 16.9. The van der Waals surface area contributed by atoms with Gasteiger partial charge in [-0.05, 0) is 43.0 Å². The van der Waals surface area contributed by atoms with E-state index in [0.717, 1.165) is 12.8 Å². The first-order valence-corrected chi connectivity index (χ1v) is 8.07. The van der Waals surface area contributed by atoms with Crippen molar-refractivity contribution in [3.8, 4) is 5.75 Å². The second kappa shape index (κ2) is 7.28. The molecule has 0 spiro atoms. The Balaban J connectivity index is 2.39. The van der Waals surface area contributed by atoms with E-state index in [2.05, 4.69) is 63.7 Å². The number of aryl methyl sites for hydroxylation is 1. The minimum atomic E-state index is -0.437. The fraction of sp³-hybridized carbons (Fsp3) is 0.286. The van der Waals surface area contributed by atoms with E-state index >= 15 is 0 Å². The van der Waals surface area contributed by atoms with Crippen LogP contribution in [0.2, 0.25) is 0 Å². The summed E-state index contributed by atoms with van der Waals surface area (Å²) in [6, 6.07) is 16.6. The Kier molecular flexibility index (Phi) is 5.38. The van der Waals surface area contributed by atoms with Crippen LogP contribution in [0, 0.1) is 6.92 Å². The van der Waals surface area contributed by atoms with E-state index in [-0.39, 0.29) is 5.41 Å². The number of esters is 1. The van der Waals surface area contributed by atoms with Crippen molar-refractivity contribution in [2.24, 2.45) is 0 Å². The van der Waals surface area contributed by atoms with Crippen molar-refractivity contribution in [1.29, 1.82) is 0 Å². The molecule has 0 saturated heterocycles. The van der Waals surface area contributed by atoms with Crippen LogP contribution >= 0.6 is 0 Å². The van der Waals surface area contributed by atoms with Crippen molar-refractivity contribution >= 4 is 5.97 Å². The molecular formula is C21H24O2. The van der Waals surface area contributed by atoms with Crippen LogP contribution in [0.15, 0.2) is 61.2 Å². The summed E-state index contributed by atoms with van der Waals surface area (Å²) in [5.74, 6) is 0.109. The van der Waals surface area contributed by atoms with Gasteiger partial charge in [-0.25, -0.2) is 4.79 Å². The summed E-state index contributed by atoms with van der Waals surface area (Å²) in [6.07, 6.45) is 3.19. The van der Waals surface area contributed by atoms with E-state index in [1.165, 1.54) is 22.8 Å². The van der Waals surface area contributed by atoms with Gasteiger partial charge in [-0.3, -0.25) is 0 Å². The molecule has 0 atom stereocenters. The molecule has 2 aromatic rings. The van der Waals surface area contributed by atoms with Gasteiger partial charge in [0, 0.05) is 11.5 Å². The van der Waals surface area contributed by atoms with Gasteiger partial charge >= 0.3 is 5.97 Å². The highest BCUT2D eigenvalue weighted by Gasteiger charge is 2.30. The highest BCUT2D eigenvalue weighted by Crippen LogP contribution is 2.39. The third-order valence-electron chi connectivity index (χ3n) is 4.60. The molecule has 0 aromatic heterocycles. The van der Waals surface area contributed by atoms with E-state index < -0.39 is 5.97 Å². The summed E-state index contributed by atoms with van der Waals surface area (Å²) in [7, 11) is 0. The molecule has 2 aromatic carbocycles. The maximum absolute atomic E-state index is 11.3. The number of hydrogen-bond acceptors (Lipinski definition) is 2. The molecule has 0 aliphatic rings. The highest BCUT2D eigenvalue weighted by atomic mass is 16.5. The largest absolute Gasteiger partial charge is 0.423 e. The zero-order valence-corrected chi connectivity index (χ0v) is 14.1. The monoisotopic (exact) mass is 308 g/mol. The summed E-state index contributed by atoms with van der Waals surface area (Å²) in [5, 5.41) is 0. The maximum atomic E-state index is 11.3. The molecule has 0 heterocycles. The quantitative estimate of drug-likeness (QED) is 0.417. The van der Waals surface area contributed by atoms with E-state index in [9.17, 15) is 4.79 Å². The Morgan fingerprint density at radius 2 is 1.48 bits per heavy atom. The molecule has 0 aliphatic carbocycles. The topological polar surface area (TPSA) is 26.3 Å². The summed E-state index contributed by atoms with van der Waals surface area (Å²) >= 11 is 0. The predicted molar refractivity (Wildman–Crippen MR) is 94.8 cm³/mol. The highest BCUT2D eigenvalue weighted by molar-refractivity contribution is 5.83. The lowest BCUT2D eigenvalue weighted by atomic mass is 9.70. The number of carbonyl (C=O) groups is 1. The van der Waals surface area contributed by atoms with Gasteiger partial charge in [0.15, 0.2) is 0 Å². The van der Waals surface area contributed by atoms with Crippen LogP contribution in [0.25, 0.3) is 0 Å². The second-order valence-electron chi connectivity index (χ2n) is 5.80. The van der Waals surface area contributed by atoms with Gasteiger partial charge in [0.25, 0.3) is 0 Å². The van der Waals surface area contributed by atoms with Crippen molar-refractivity contribution < 1.29 is 9.53 Å². The summed E-state index contributed by atoms with van der Waals surface area (Å²) in [5.41, 5.74) is 3.81. The van der Waals surface area contributed by atoms with Crippen molar-refractivity contribution in [3.63, 3.8) is 0 Å². The second-order valence-corrected chi connectivity index (χ2v) is 5.80. The zero-order valence-electron chi connectivity index (χ0n) is 14.1. The van der Waals surface area contributed by atoms with Crippen LogP contribution in [0.5, 0.6) is 5.75 Å². The first-order chi connectivity index (χ1) is 11.1. The van der Waals surface area contributed by atoms with Gasteiger partial charge < -0.3 is 4.74 Å². The molecule has 2 nitrogen and oxygen atoms in total. The standard InChI is InChI=1S/C21H24O2/c1-5-20(22)23-19-14-12-18(13-15-19)21(6-2,7-3)17-10-8-16(4)9-11-17/h5,8-15H,1,6-7H2,2-4H3. The molecular weight excluding hydrogens is 284 g/mol. The summed E-state index contributed by atoms with van der Waals surface area (Å²) < 4.78 is 5.16. The molecule has 0 unspecified atom stereocenters. The molecule has 0 amide bonds. The first-order valence-electron chi connectivity index (χ1n) is 8.07. The Bertz CT molecular complexity index is 662. The molecule has 0 N–H and O–H groups in total. The van der Waals surface area contributed by atoms with E-state index in [1.807, 2.05) is 12.1 Å². The van der Waals surface area contributed by atoms with Gasteiger partial charge in [0.05, 0.1) is 0 Å². The van der Waals surface area contributed by atoms with Crippen molar-refractivity contribution in [2.75, 3.05) is 0 Å². The normalized spacial score (nSPS) is 11.1. The lowest BCUT2D eigenvalue weighted by Gasteiger charge is -2.33. The Labute approximate surface area is 138 Å². The number of carbonyl (C=O) groups excluding carboxylic acids is 1. The van der Waals surface area contributed by atoms with E-state index in [4.69, 9.17) is 4.74 Å². The lowest BCUT2D eigenvalue weighted by Crippen LogP contribution is -2.26. The fourth-order valence-corrected chi connectivity index (χ4v) is 3.11. The van der Waals surface area contributed by atoms with Crippen molar-refractivity contribution in [3.05, 3.63) is 77.9 Å². The molecule has 0 bridgehead atoms. The third-order valence-corrected chi connectivity index (χ3v) is 4.60. The van der Waals surface area contributed by atoms with Crippen molar-refractivity contribution in [1.82, 2.24) is 0 Å². The van der Waals surface area contributed by atoms with E-state index in [0.29, 0.717) is 5.75 Å². The van der Waals surface area contributed by atoms with Crippen LogP contribution in [-0.4, -0.2) is 5.97 Å². The van der Waals surface area contributed by atoms with Crippen LogP contribution in [-0.2, 0) is 10.2 Å². The fourth-order valence-electron chi connectivity index (χ4n) is 3.11. The van der Waals surface area contributed by atoms with Crippen LogP contribution in [0.3, 0.4) is 0 Å². The molecule has 2 rings (SSSR count). The predicted octanol–water partition coefficient (Wildman–Crippen LogP) is 5.19. The molecule has 0 fully saturated rings. The summed E-state index contributed by atoms with van der Waals surface area (Å²) in [4.78, 5) is 11.3. The van der Waals surface area contributed by atoms with Crippen LogP contribution in [0.1, 0.15) is 43.4 Å². The van der Waals surface area contributed by atoms with Gasteiger partial charge in [0.1, 0.15) is 5.75 Å². The first kappa shape index (κ1) is 17.0. The molecule has 2 heteroatoms. The third kappa shape index (κ3) is 3.53. The number of rotatable bonds is 6. The Hall–Kier alpha value is -2.35. The lowest BCUT2D eigenvalue weighted by molar-refractivity contribution is -0.128. The summed E-state index contributed by atoms with van der Waals surface area (Å²) in [6.45, 7) is 9.95. The van der Waals surface area contributed by atoms with Crippen molar-refractivity contribution in [2.45, 2.75) is 39.0 Å². The number of benzene rings is 2. The minimum absolute atomic E-state index is 0.0192. The molecule has 23 heavy (non-hydrogen) atoms. The van der Waals surface area contributed by atoms with Gasteiger partial charge in [-0.15, -0.1) is 0 Å². The molecule has 0 aliphatic heterocycles. The van der Waals surface area contributed by atoms with Crippen LogP contribution in [0.4, 0.5) is 0 Å². The number of ether oxygens (including phenoxy) is 1. The van der Waals surface area contributed by atoms with E-state index in [1.54, 1.807) is 0 Å². The van der Waals surface area contributed by atoms with Gasteiger partial charge in [0.2, 0.25) is 0 Å². The number of hydrogen-bond donors (Lipinski definition) is 0. The molecule has 120 valence electrons. The smallest absolute Gasteiger partial charge is 0.335 e. The Morgan fingerprint density at radius 3 is 1.91 bits per heavy atom. The molecule has 0 saturated carbocycles. The van der Waals surface area contributed by atoms with Gasteiger partial charge in [-0.2, -0.15) is 0 Å². The van der Waals surface area contributed by atoms with Crippen LogP contribution < -0.4 is 4.74 Å². The SMILES string of the molecule is C=CC(=O)Oc1ccc(C(CC)(CC)c2ccc(C)cc2)cc1. The Morgan fingerprint density at radius 1 is 1.00 bits per heavy atom. The molecule has 0 radical (unpaired) electrons.